The minimum atomic E-state index is -4.05. The van der Waals surface area contributed by atoms with Crippen LogP contribution in [-0.2, 0) is 19.6 Å². The summed E-state index contributed by atoms with van der Waals surface area (Å²) in [6.45, 7) is 1.67. The molecule has 3 N–H and O–H groups in total. The molecule has 0 aromatic heterocycles. The van der Waals surface area contributed by atoms with Crippen LogP contribution in [0.4, 0.5) is 0 Å². The number of carbonyl (C=O) groups is 2. The van der Waals surface area contributed by atoms with Gasteiger partial charge in [-0.05, 0) is 25.1 Å². The van der Waals surface area contributed by atoms with E-state index in [4.69, 9.17) is 21.5 Å². The number of esters is 1. The third-order valence-corrected chi connectivity index (χ3v) is 3.57. The quantitative estimate of drug-likeness (QED) is 0.756. The maximum atomic E-state index is 11.7. The number of nitrogens with one attached hydrogen (secondary N) is 1. The third-order valence-electron chi connectivity index (χ3n) is 2.18. The average molecular weight is 321 g/mol. The molecule has 0 saturated heterocycles. The highest BCUT2D eigenvalue weighted by atomic mass is 35.5. The number of hydrogen-bond acceptors (Lipinski definition) is 5. The molecule has 1 amide bonds. The van der Waals surface area contributed by atoms with E-state index in [-0.39, 0.29) is 15.5 Å². The fourth-order valence-electron chi connectivity index (χ4n) is 1.31. The predicted molar refractivity (Wildman–Crippen MR) is 71.8 cm³/mol. The van der Waals surface area contributed by atoms with Crippen molar-refractivity contribution in [1.29, 1.82) is 0 Å². The van der Waals surface area contributed by atoms with E-state index >= 15 is 0 Å². The van der Waals surface area contributed by atoms with Crippen LogP contribution in [0.25, 0.3) is 0 Å². The molecule has 0 aliphatic rings. The molecule has 0 unspecified atom stereocenters. The normalized spacial score (nSPS) is 10.9. The van der Waals surface area contributed by atoms with Gasteiger partial charge in [0.1, 0.15) is 4.90 Å². The average Bonchev–Trinajstić information content (AvgIpc) is 2.35. The first-order valence-corrected chi connectivity index (χ1v) is 7.44. The standard InChI is InChI=1S/C11H13ClN2O5S/c1-2-14-10(15)6-19-11(16)7-3-4-8(12)9(5-7)20(13,17)18/h3-5H,2,6H2,1H3,(H,14,15)(H2,13,17,18). The number of ether oxygens (including phenoxy) is 1. The molecule has 1 rings (SSSR count). The van der Waals surface area contributed by atoms with Gasteiger partial charge in [0.2, 0.25) is 10.0 Å². The summed E-state index contributed by atoms with van der Waals surface area (Å²) in [5.41, 5.74) is -0.0669. The summed E-state index contributed by atoms with van der Waals surface area (Å²) in [5.74, 6) is -1.31. The lowest BCUT2D eigenvalue weighted by Gasteiger charge is -2.07. The van der Waals surface area contributed by atoms with Crippen LogP contribution in [0.5, 0.6) is 0 Å². The first kappa shape index (κ1) is 16.4. The fraction of sp³-hybridized carbons (Fsp3) is 0.273. The summed E-state index contributed by atoms with van der Waals surface area (Å²) < 4.78 is 27.2. The van der Waals surface area contributed by atoms with E-state index < -0.39 is 28.5 Å². The van der Waals surface area contributed by atoms with Gasteiger partial charge in [-0.2, -0.15) is 0 Å². The summed E-state index contributed by atoms with van der Waals surface area (Å²) >= 11 is 5.68. The van der Waals surface area contributed by atoms with Gasteiger partial charge in [0.05, 0.1) is 10.6 Å². The number of halogens is 1. The molecular weight excluding hydrogens is 308 g/mol. The second kappa shape index (κ2) is 6.69. The van der Waals surface area contributed by atoms with Crippen LogP contribution in [0.2, 0.25) is 5.02 Å². The Morgan fingerprint density at radius 1 is 1.40 bits per heavy atom. The smallest absolute Gasteiger partial charge is 0.338 e. The second-order valence-electron chi connectivity index (χ2n) is 3.72. The number of benzene rings is 1. The van der Waals surface area contributed by atoms with Gasteiger partial charge in [-0.25, -0.2) is 18.4 Å². The van der Waals surface area contributed by atoms with Crippen molar-refractivity contribution in [2.24, 2.45) is 5.14 Å². The van der Waals surface area contributed by atoms with Crippen LogP contribution >= 0.6 is 11.6 Å². The number of primary sulfonamides is 1. The highest BCUT2D eigenvalue weighted by Crippen LogP contribution is 2.21. The van der Waals surface area contributed by atoms with E-state index in [2.05, 4.69) is 5.32 Å². The van der Waals surface area contributed by atoms with Crippen molar-refractivity contribution >= 4 is 33.5 Å². The molecule has 0 aliphatic heterocycles. The van der Waals surface area contributed by atoms with Gasteiger partial charge >= 0.3 is 5.97 Å². The minimum Gasteiger partial charge on any atom is -0.452 e. The zero-order valence-corrected chi connectivity index (χ0v) is 12.1. The largest absolute Gasteiger partial charge is 0.452 e. The number of rotatable bonds is 5. The number of carbonyl (C=O) groups excluding carboxylic acids is 2. The molecule has 0 atom stereocenters. The topological polar surface area (TPSA) is 116 Å². The highest BCUT2D eigenvalue weighted by molar-refractivity contribution is 7.89. The summed E-state index contributed by atoms with van der Waals surface area (Å²) in [6, 6.07) is 3.48. The second-order valence-corrected chi connectivity index (χ2v) is 5.66. The number of hydrogen-bond donors (Lipinski definition) is 2. The minimum absolute atomic E-state index is 0.0669. The maximum Gasteiger partial charge on any atom is 0.338 e. The molecular formula is C11H13ClN2O5S. The monoisotopic (exact) mass is 320 g/mol. The molecule has 1 aromatic rings. The van der Waals surface area contributed by atoms with Gasteiger partial charge in [0, 0.05) is 6.54 Å². The van der Waals surface area contributed by atoms with Gasteiger partial charge in [0.25, 0.3) is 5.91 Å². The van der Waals surface area contributed by atoms with E-state index in [9.17, 15) is 18.0 Å². The summed E-state index contributed by atoms with van der Waals surface area (Å²) in [6.07, 6.45) is 0. The van der Waals surface area contributed by atoms with Crippen molar-refractivity contribution in [2.75, 3.05) is 13.2 Å². The van der Waals surface area contributed by atoms with Gasteiger partial charge in [-0.15, -0.1) is 0 Å². The molecule has 0 aliphatic carbocycles. The lowest BCUT2D eigenvalue weighted by molar-refractivity contribution is -0.124. The number of likely N-dealkylation sites (N-methyl/N-ethyl adjacent to an activating group) is 1. The Labute approximate surface area is 121 Å². The van der Waals surface area contributed by atoms with Crippen molar-refractivity contribution in [3.8, 4) is 0 Å². The van der Waals surface area contributed by atoms with E-state index in [1.165, 1.54) is 12.1 Å². The summed E-state index contributed by atoms with van der Waals surface area (Å²) in [5, 5.41) is 7.30. The molecule has 0 spiro atoms. The predicted octanol–water partition coefficient (Wildman–Crippen LogP) is 0.280. The lowest BCUT2D eigenvalue weighted by Crippen LogP contribution is -2.28. The Kier molecular flexibility index (Phi) is 5.49. The molecule has 110 valence electrons. The van der Waals surface area contributed by atoms with Crippen molar-refractivity contribution in [1.82, 2.24) is 5.32 Å². The Hall–Kier alpha value is -1.64. The Bertz CT molecular complexity index is 630. The SMILES string of the molecule is CCNC(=O)COC(=O)c1ccc(Cl)c(S(N)(=O)=O)c1. The van der Waals surface area contributed by atoms with Crippen molar-refractivity contribution in [3.63, 3.8) is 0 Å². The highest BCUT2D eigenvalue weighted by Gasteiger charge is 2.17. The van der Waals surface area contributed by atoms with Gasteiger partial charge in [0.15, 0.2) is 6.61 Å². The molecule has 20 heavy (non-hydrogen) atoms. The molecule has 7 nitrogen and oxygen atoms in total. The zero-order valence-electron chi connectivity index (χ0n) is 10.6. The molecule has 9 heteroatoms. The van der Waals surface area contributed by atoms with Crippen LogP contribution in [0.1, 0.15) is 17.3 Å². The van der Waals surface area contributed by atoms with E-state index in [1.54, 1.807) is 6.92 Å². The molecule has 0 saturated carbocycles. The Morgan fingerprint density at radius 2 is 2.05 bits per heavy atom. The van der Waals surface area contributed by atoms with Gasteiger partial charge in [-0.1, -0.05) is 11.6 Å². The van der Waals surface area contributed by atoms with Crippen molar-refractivity contribution in [2.45, 2.75) is 11.8 Å². The molecule has 0 fully saturated rings. The number of amides is 1. The van der Waals surface area contributed by atoms with Crippen LogP contribution in [0.15, 0.2) is 23.1 Å². The molecule has 0 heterocycles. The van der Waals surface area contributed by atoms with E-state index in [0.717, 1.165) is 6.07 Å². The lowest BCUT2D eigenvalue weighted by atomic mass is 10.2. The Balaban J connectivity index is 2.87. The van der Waals surface area contributed by atoms with Gasteiger partial charge < -0.3 is 10.1 Å². The molecule has 0 bridgehead atoms. The van der Waals surface area contributed by atoms with Crippen molar-refractivity contribution in [3.05, 3.63) is 28.8 Å². The van der Waals surface area contributed by atoms with Crippen LogP contribution in [-0.4, -0.2) is 33.4 Å². The summed E-state index contributed by atoms with van der Waals surface area (Å²) in [7, 11) is -4.05. The molecule has 1 aromatic carbocycles. The Morgan fingerprint density at radius 3 is 2.60 bits per heavy atom. The first-order valence-electron chi connectivity index (χ1n) is 5.52. The van der Waals surface area contributed by atoms with Crippen LogP contribution in [0.3, 0.4) is 0 Å². The summed E-state index contributed by atoms with van der Waals surface area (Å²) in [4.78, 5) is 22.4. The van der Waals surface area contributed by atoms with Crippen LogP contribution in [0, 0.1) is 0 Å². The van der Waals surface area contributed by atoms with E-state index in [1.807, 2.05) is 0 Å². The number of sulfonamides is 1. The fourth-order valence-corrected chi connectivity index (χ4v) is 2.38. The molecule has 0 radical (unpaired) electrons. The van der Waals surface area contributed by atoms with Crippen LogP contribution < -0.4 is 10.5 Å². The third kappa shape index (κ3) is 4.48. The van der Waals surface area contributed by atoms with E-state index in [0.29, 0.717) is 6.54 Å². The number of nitrogens with two attached hydrogens (primary N) is 1. The van der Waals surface area contributed by atoms with Gasteiger partial charge in [-0.3, -0.25) is 4.79 Å². The van der Waals surface area contributed by atoms with Crippen molar-refractivity contribution < 1.29 is 22.7 Å². The first-order chi connectivity index (χ1) is 9.25. The maximum absolute atomic E-state index is 11.7. The zero-order chi connectivity index (χ0) is 15.3.